The second-order valence-corrected chi connectivity index (χ2v) is 11.7. The van der Waals surface area contributed by atoms with Gasteiger partial charge in [0.05, 0.1) is 30.7 Å². The number of non-ortho nitro benzene ring substituents is 1. The Morgan fingerprint density at radius 2 is 1.78 bits per heavy atom. The van der Waals surface area contributed by atoms with Crippen LogP contribution in [0.5, 0.6) is 5.75 Å². The van der Waals surface area contributed by atoms with Crippen LogP contribution in [0.3, 0.4) is 0 Å². The van der Waals surface area contributed by atoms with Crippen LogP contribution < -0.4 is 20.7 Å². The first-order chi connectivity index (χ1) is 21.4. The molecule has 1 saturated heterocycles. The van der Waals surface area contributed by atoms with Crippen LogP contribution in [-0.2, 0) is 38.0 Å². The van der Waals surface area contributed by atoms with Crippen molar-refractivity contribution in [2.75, 3.05) is 13.7 Å². The smallest absolute Gasteiger partial charge is 0.477 e. The average Bonchev–Trinajstić information content (AvgIpc) is 3.30. The third-order valence-corrected chi connectivity index (χ3v) is 6.29. The Morgan fingerprint density at radius 1 is 1.13 bits per heavy atom. The van der Waals surface area contributed by atoms with Crippen molar-refractivity contribution < 1.29 is 57.3 Å². The van der Waals surface area contributed by atoms with Crippen LogP contribution in [0.4, 0.5) is 15.3 Å². The normalized spacial score (nSPS) is 22.5. The number of rotatable bonds is 10. The third kappa shape index (κ3) is 10.1. The van der Waals surface area contributed by atoms with Crippen molar-refractivity contribution in [3.63, 3.8) is 0 Å². The number of methoxy groups -OCH3 is 1. The van der Waals surface area contributed by atoms with Crippen LogP contribution in [0.2, 0.25) is 0 Å². The fourth-order valence-corrected chi connectivity index (χ4v) is 4.52. The SMILES string of the molecule is C=C(NC(=O)OC(C)(C)C)N[C@H]1C=C(C(=O)OC)O[C@@H]([C@H](OC(=O)Oc2ccc([N+](=O)[O-])cc2)[C@H]2COC(C)(C)O2)[C@@H]1NC(C)=O. The van der Waals surface area contributed by atoms with Crippen molar-refractivity contribution in [3.05, 3.63) is 58.6 Å². The largest absolute Gasteiger partial charge is 0.514 e. The minimum atomic E-state index is -1.41. The highest BCUT2D eigenvalue weighted by Crippen LogP contribution is 2.32. The lowest BCUT2D eigenvalue weighted by Gasteiger charge is -2.41. The summed E-state index contributed by atoms with van der Waals surface area (Å²) in [4.78, 5) is 61.0. The lowest BCUT2D eigenvalue weighted by Crippen LogP contribution is -2.64. The highest BCUT2D eigenvalue weighted by Gasteiger charge is 2.51. The standard InChI is InChI=1S/C29H38N4O13/c1-15(31-26(36)46-28(3,4)5)30-19-13-20(25(35)40-8)43-24(22(19)32-16(2)34)23(21-14-41-29(6,7)45-21)44-27(37)42-18-11-9-17(10-12-18)33(38)39/h9-13,19,21-24,30H,1,14H2,2-8H3,(H,31,36)(H,32,34)/t19-,21+,22+,23+,24+/m0/s1. The molecule has 3 rings (SSSR count). The van der Waals surface area contributed by atoms with Crippen LogP contribution in [0, 0.1) is 10.1 Å². The number of carbonyl (C=O) groups is 4. The monoisotopic (exact) mass is 650 g/mol. The van der Waals surface area contributed by atoms with Gasteiger partial charge in [-0.2, -0.15) is 0 Å². The van der Waals surface area contributed by atoms with Crippen LogP contribution >= 0.6 is 0 Å². The number of ether oxygens (including phenoxy) is 7. The van der Waals surface area contributed by atoms with E-state index in [0.717, 1.165) is 19.2 Å². The van der Waals surface area contributed by atoms with Gasteiger partial charge in [0.25, 0.3) is 5.69 Å². The van der Waals surface area contributed by atoms with Crippen molar-refractivity contribution in [1.82, 2.24) is 16.0 Å². The van der Waals surface area contributed by atoms with E-state index in [4.69, 9.17) is 33.2 Å². The second kappa shape index (κ2) is 14.5. The van der Waals surface area contributed by atoms with Crippen LogP contribution in [0.25, 0.3) is 0 Å². The first-order valence-corrected chi connectivity index (χ1v) is 14.0. The van der Waals surface area contributed by atoms with Gasteiger partial charge in [-0.3, -0.25) is 20.2 Å². The van der Waals surface area contributed by atoms with Crippen LogP contribution in [0.15, 0.2) is 48.5 Å². The van der Waals surface area contributed by atoms with Gasteiger partial charge in [0, 0.05) is 19.1 Å². The number of nitrogens with one attached hydrogen (secondary N) is 3. The van der Waals surface area contributed by atoms with Crippen LogP contribution in [-0.4, -0.2) is 84.5 Å². The van der Waals surface area contributed by atoms with E-state index in [1.807, 2.05) is 0 Å². The molecule has 0 spiro atoms. The molecule has 252 valence electrons. The van der Waals surface area contributed by atoms with Crippen LogP contribution in [0.1, 0.15) is 41.5 Å². The van der Waals surface area contributed by atoms with E-state index in [0.29, 0.717) is 0 Å². The lowest BCUT2D eigenvalue weighted by atomic mass is 9.91. The van der Waals surface area contributed by atoms with Gasteiger partial charge in [0.1, 0.15) is 23.3 Å². The van der Waals surface area contributed by atoms with E-state index in [1.54, 1.807) is 34.6 Å². The molecule has 2 heterocycles. The van der Waals surface area contributed by atoms with Gasteiger partial charge >= 0.3 is 18.2 Å². The van der Waals surface area contributed by atoms with Gasteiger partial charge in [-0.25, -0.2) is 14.4 Å². The predicted octanol–water partition coefficient (Wildman–Crippen LogP) is 2.54. The average molecular weight is 651 g/mol. The Hall–Kier alpha value is -4.90. The number of hydrogen-bond donors (Lipinski definition) is 3. The summed E-state index contributed by atoms with van der Waals surface area (Å²) in [5, 5.41) is 19.1. The maximum atomic E-state index is 13.1. The van der Waals surface area contributed by atoms with Crippen molar-refractivity contribution >= 4 is 29.8 Å². The zero-order valence-corrected chi connectivity index (χ0v) is 26.4. The fourth-order valence-electron chi connectivity index (χ4n) is 4.52. The Bertz CT molecular complexity index is 1370. The number of nitrogens with zero attached hydrogens (tertiary/aromatic N) is 1. The minimum Gasteiger partial charge on any atom is -0.477 e. The predicted molar refractivity (Wildman–Crippen MR) is 157 cm³/mol. The van der Waals surface area contributed by atoms with Gasteiger partial charge in [-0.05, 0) is 52.8 Å². The molecule has 0 aliphatic carbocycles. The number of nitro benzene ring substituents is 1. The molecule has 0 bridgehead atoms. The number of hydrogen-bond acceptors (Lipinski definition) is 14. The molecular weight excluding hydrogens is 612 g/mol. The van der Waals surface area contributed by atoms with Gasteiger partial charge < -0.3 is 43.8 Å². The zero-order valence-electron chi connectivity index (χ0n) is 26.4. The molecule has 2 amide bonds. The summed E-state index contributed by atoms with van der Waals surface area (Å²) < 4.78 is 38.7. The molecule has 46 heavy (non-hydrogen) atoms. The molecule has 2 aliphatic heterocycles. The van der Waals surface area contributed by atoms with Gasteiger partial charge in [0.15, 0.2) is 18.0 Å². The Balaban J connectivity index is 1.97. The molecule has 0 saturated carbocycles. The van der Waals surface area contributed by atoms with E-state index in [2.05, 4.69) is 22.5 Å². The summed E-state index contributed by atoms with van der Waals surface area (Å²) in [5.74, 6) is -3.00. The summed E-state index contributed by atoms with van der Waals surface area (Å²) in [7, 11) is 1.12. The fraction of sp³-hybridized carbons (Fsp3) is 0.517. The topological polar surface area (TPSA) is 212 Å². The molecule has 17 nitrogen and oxygen atoms in total. The van der Waals surface area contributed by atoms with E-state index in [1.165, 1.54) is 25.1 Å². The molecule has 0 unspecified atom stereocenters. The quantitative estimate of drug-likeness (QED) is 0.109. The summed E-state index contributed by atoms with van der Waals surface area (Å²) in [5.41, 5.74) is -1.04. The number of alkyl carbamates (subject to hydrolysis) is 1. The van der Waals surface area contributed by atoms with E-state index in [9.17, 15) is 29.3 Å². The molecule has 1 aromatic carbocycles. The number of esters is 1. The highest BCUT2D eigenvalue weighted by atomic mass is 16.8. The maximum Gasteiger partial charge on any atom is 0.514 e. The Morgan fingerprint density at radius 3 is 2.30 bits per heavy atom. The lowest BCUT2D eigenvalue weighted by molar-refractivity contribution is -0.384. The molecule has 5 atom stereocenters. The number of benzene rings is 1. The Kier molecular flexibility index (Phi) is 11.2. The molecular formula is C29H38N4O13. The van der Waals surface area contributed by atoms with Gasteiger partial charge in [-0.15, -0.1) is 0 Å². The van der Waals surface area contributed by atoms with E-state index < -0.39 is 70.8 Å². The van der Waals surface area contributed by atoms with E-state index in [-0.39, 0.29) is 29.6 Å². The summed E-state index contributed by atoms with van der Waals surface area (Å²) in [6.07, 6.45) is -4.56. The zero-order chi connectivity index (χ0) is 34.4. The van der Waals surface area contributed by atoms with Gasteiger partial charge in [-0.1, -0.05) is 6.58 Å². The van der Waals surface area contributed by atoms with E-state index >= 15 is 0 Å². The van der Waals surface area contributed by atoms with Crippen molar-refractivity contribution in [1.29, 1.82) is 0 Å². The van der Waals surface area contributed by atoms with Crippen molar-refractivity contribution in [2.24, 2.45) is 0 Å². The molecule has 1 aromatic rings. The maximum absolute atomic E-state index is 13.1. The van der Waals surface area contributed by atoms with Crippen molar-refractivity contribution in [2.45, 2.75) is 83.3 Å². The molecule has 3 N–H and O–H groups in total. The summed E-state index contributed by atoms with van der Waals surface area (Å²) in [6.45, 7) is 13.2. The first kappa shape index (κ1) is 35.6. The van der Waals surface area contributed by atoms with Crippen molar-refractivity contribution in [3.8, 4) is 5.75 Å². The molecule has 1 fully saturated rings. The molecule has 0 aromatic heterocycles. The first-order valence-electron chi connectivity index (χ1n) is 14.0. The Labute approximate surface area is 264 Å². The molecule has 0 radical (unpaired) electrons. The third-order valence-electron chi connectivity index (χ3n) is 6.29. The summed E-state index contributed by atoms with van der Waals surface area (Å²) >= 11 is 0. The van der Waals surface area contributed by atoms with Gasteiger partial charge in [0.2, 0.25) is 11.7 Å². The molecule has 17 heteroatoms. The molecule has 2 aliphatic rings. The number of nitro groups is 1. The number of carbonyl (C=O) groups excluding carboxylic acids is 4. The number of amides is 2. The summed E-state index contributed by atoms with van der Waals surface area (Å²) in [6, 6.07) is 2.54. The second-order valence-electron chi connectivity index (χ2n) is 11.7. The minimum absolute atomic E-state index is 0.0626. The highest BCUT2D eigenvalue weighted by molar-refractivity contribution is 5.86.